The maximum absolute atomic E-state index is 14.0. The van der Waals surface area contributed by atoms with Crippen LogP contribution in [0.25, 0.3) is 10.2 Å². The molecule has 0 radical (unpaired) electrons. The third-order valence-electron chi connectivity index (χ3n) is 5.30. The normalized spacial score (nSPS) is 11.0. The van der Waals surface area contributed by atoms with Crippen molar-refractivity contribution in [2.45, 2.75) is 20.8 Å². The Morgan fingerprint density at radius 1 is 0.861 bits per heavy atom. The molecule has 36 heavy (non-hydrogen) atoms. The summed E-state index contributed by atoms with van der Waals surface area (Å²) in [7, 11) is 7.13. The minimum absolute atomic E-state index is 0.223. The summed E-state index contributed by atoms with van der Waals surface area (Å²) in [5.74, 6) is 2.49. The topological polar surface area (TPSA) is 82.6 Å². The number of hydrogen-bond acceptors (Lipinski definition) is 9. The van der Waals surface area contributed by atoms with Crippen molar-refractivity contribution in [2.24, 2.45) is 0 Å². The summed E-state index contributed by atoms with van der Waals surface area (Å²) in [6, 6.07) is 7.06. The average molecular weight is 518 g/mol. The molecule has 1 amide bonds. The van der Waals surface area contributed by atoms with E-state index >= 15 is 0 Å². The molecule has 0 unspecified atom stereocenters. The van der Waals surface area contributed by atoms with Gasteiger partial charge in [0.05, 0.1) is 34.0 Å². The zero-order valence-corrected chi connectivity index (χ0v) is 22.9. The van der Waals surface area contributed by atoms with Gasteiger partial charge in [0.1, 0.15) is 21.7 Å². The minimum Gasteiger partial charge on any atom is -0.495 e. The van der Waals surface area contributed by atoms with E-state index in [2.05, 4.69) is 0 Å². The molecule has 0 aliphatic rings. The van der Waals surface area contributed by atoms with E-state index in [0.717, 1.165) is 4.70 Å². The zero-order valence-electron chi connectivity index (χ0n) is 22.0. The molecule has 0 atom stereocenters. The van der Waals surface area contributed by atoms with Gasteiger partial charge in [0.15, 0.2) is 16.6 Å². The summed E-state index contributed by atoms with van der Waals surface area (Å²) in [5, 5.41) is 0.546. The number of anilines is 1. The van der Waals surface area contributed by atoms with Gasteiger partial charge in [-0.25, -0.2) is 4.98 Å². The second-order valence-electron chi connectivity index (χ2n) is 8.01. The zero-order chi connectivity index (χ0) is 26.2. The van der Waals surface area contributed by atoms with E-state index in [1.54, 1.807) is 31.3 Å². The maximum Gasteiger partial charge on any atom is 0.260 e. The Balaban J connectivity index is 2.14. The van der Waals surface area contributed by atoms with E-state index in [0.29, 0.717) is 77.9 Å². The minimum atomic E-state index is -0.223. The highest BCUT2D eigenvalue weighted by Crippen LogP contribution is 2.42. The van der Waals surface area contributed by atoms with Crippen LogP contribution in [-0.4, -0.2) is 77.0 Å². The third-order valence-corrected chi connectivity index (χ3v) is 6.39. The summed E-state index contributed by atoms with van der Waals surface area (Å²) in [5.41, 5.74) is 1.07. The molecule has 0 spiro atoms. The molecule has 0 aliphatic carbocycles. The van der Waals surface area contributed by atoms with Gasteiger partial charge in [-0.2, -0.15) is 0 Å². The quantitative estimate of drug-likeness (QED) is 0.322. The molecule has 9 nitrogen and oxygen atoms in total. The van der Waals surface area contributed by atoms with Crippen molar-refractivity contribution in [1.82, 2.24) is 9.88 Å². The molecule has 10 heteroatoms. The molecule has 0 saturated carbocycles. The average Bonchev–Trinajstić information content (AvgIpc) is 3.30. The van der Waals surface area contributed by atoms with Gasteiger partial charge in [-0.15, -0.1) is 0 Å². The Morgan fingerprint density at radius 3 is 1.97 bits per heavy atom. The van der Waals surface area contributed by atoms with Gasteiger partial charge in [0, 0.05) is 18.7 Å². The summed E-state index contributed by atoms with van der Waals surface area (Å²) in [4.78, 5) is 22.5. The highest BCUT2D eigenvalue weighted by molar-refractivity contribution is 7.22. The monoisotopic (exact) mass is 517 g/mol. The van der Waals surface area contributed by atoms with E-state index in [-0.39, 0.29) is 5.91 Å². The van der Waals surface area contributed by atoms with Gasteiger partial charge in [-0.3, -0.25) is 9.69 Å². The number of methoxy groups -OCH3 is 2. The molecule has 0 fully saturated rings. The number of benzene rings is 2. The van der Waals surface area contributed by atoms with Crippen molar-refractivity contribution in [3.05, 3.63) is 29.8 Å². The first kappa shape index (κ1) is 27.3. The molecule has 0 aliphatic heterocycles. The summed E-state index contributed by atoms with van der Waals surface area (Å²) < 4.78 is 29.3. The van der Waals surface area contributed by atoms with Crippen LogP contribution in [0.4, 0.5) is 5.13 Å². The van der Waals surface area contributed by atoms with E-state index in [1.807, 2.05) is 51.9 Å². The SMILES string of the molecule is CCOc1cc(C(=O)N(CCN(C)C)c2nc3c(OC)ccc(OC)c3s2)cc(OCC)c1OCC. The first-order chi connectivity index (χ1) is 17.4. The van der Waals surface area contributed by atoms with E-state index < -0.39 is 0 Å². The number of rotatable bonds is 13. The Bertz CT molecular complexity index is 1110. The van der Waals surface area contributed by atoms with Crippen LogP contribution in [-0.2, 0) is 0 Å². The number of likely N-dealkylation sites (N-methyl/N-ethyl adjacent to an activating group) is 1. The summed E-state index contributed by atoms with van der Waals surface area (Å²) in [6.45, 7) is 8.02. The summed E-state index contributed by atoms with van der Waals surface area (Å²) in [6.07, 6.45) is 0. The van der Waals surface area contributed by atoms with Crippen molar-refractivity contribution in [3.63, 3.8) is 0 Å². The van der Waals surface area contributed by atoms with Crippen LogP contribution in [0.15, 0.2) is 24.3 Å². The molecule has 1 aromatic heterocycles. The fraction of sp³-hybridized carbons (Fsp3) is 0.462. The van der Waals surface area contributed by atoms with Gasteiger partial charge >= 0.3 is 0 Å². The molecule has 196 valence electrons. The van der Waals surface area contributed by atoms with Crippen LogP contribution in [0.1, 0.15) is 31.1 Å². The van der Waals surface area contributed by atoms with Crippen LogP contribution in [0.5, 0.6) is 28.7 Å². The molecule has 3 rings (SSSR count). The largest absolute Gasteiger partial charge is 0.495 e. The van der Waals surface area contributed by atoms with Gasteiger partial charge in [0.2, 0.25) is 5.75 Å². The molecule has 0 saturated heterocycles. The third kappa shape index (κ3) is 5.93. The molecule has 3 aromatic rings. The lowest BCUT2D eigenvalue weighted by Gasteiger charge is -2.23. The number of aromatic nitrogens is 1. The Kier molecular flexibility index (Phi) is 9.60. The Hall–Kier alpha value is -3.24. The molecule has 0 bridgehead atoms. The standard InChI is InChI=1S/C26H35N3O6S/c1-8-33-20-15-17(16-21(34-9-2)23(20)35-10-3)25(30)29(14-13-28(4)5)26-27-22-18(31-6)11-12-19(32-7)24(22)36-26/h11-12,15-16H,8-10,13-14H2,1-7H3. The summed E-state index contributed by atoms with van der Waals surface area (Å²) >= 11 is 1.38. The highest BCUT2D eigenvalue weighted by atomic mass is 32.1. The van der Waals surface area contributed by atoms with Gasteiger partial charge in [-0.1, -0.05) is 11.3 Å². The predicted octanol–water partition coefficient (Wildman–Crippen LogP) is 4.72. The Labute approximate surface area is 216 Å². The van der Waals surface area contributed by atoms with E-state index in [4.69, 9.17) is 28.7 Å². The fourth-order valence-corrected chi connectivity index (χ4v) is 4.74. The number of carbonyl (C=O) groups excluding carboxylic acids is 1. The number of ether oxygens (including phenoxy) is 5. The Morgan fingerprint density at radius 2 is 1.44 bits per heavy atom. The predicted molar refractivity (Wildman–Crippen MR) is 143 cm³/mol. The first-order valence-corrected chi connectivity index (χ1v) is 12.7. The van der Waals surface area contributed by atoms with Gasteiger partial charge < -0.3 is 28.6 Å². The number of carbonyl (C=O) groups is 1. The van der Waals surface area contributed by atoms with E-state index in [1.165, 1.54) is 11.3 Å². The van der Waals surface area contributed by atoms with Crippen LogP contribution < -0.4 is 28.6 Å². The maximum atomic E-state index is 14.0. The van der Waals surface area contributed by atoms with Gasteiger partial charge in [0.25, 0.3) is 5.91 Å². The van der Waals surface area contributed by atoms with Crippen molar-refractivity contribution >= 4 is 32.6 Å². The van der Waals surface area contributed by atoms with Gasteiger partial charge in [-0.05, 0) is 59.1 Å². The first-order valence-electron chi connectivity index (χ1n) is 11.9. The lowest BCUT2D eigenvalue weighted by atomic mass is 10.1. The second kappa shape index (κ2) is 12.6. The van der Waals surface area contributed by atoms with Crippen molar-refractivity contribution in [3.8, 4) is 28.7 Å². The van der Waals surface area contributed by atoms with Crippen LogP contribution >= 0.6 is 11.3 Å². The molecular weight excluding hydrogens is 482 g/mol. The highest BCUT2D eigenvalue weighted by Gasteiger charge is 2.26. The van der Waals surface area contributed by atoms with Crippen LogP contribution in [0.3, 0.4) is 0 Å². The van der Waals surface area contributed by atoms with Crippen LogP contribution in [0.2, 0.25) is 0 Å². The molecular formula is C26H35N3O6S. The molecule has 0 N–H and O–H groups in total. The lowest BCUT2D eigenvalue weighted by molar-refractivity contribution is 0.0984. The van der Waals surface area contributed by atoms with Crippen molar-refractivity contribution in [2.75, 3.05) is 66.1 Å². The smallest absolute Gasteiger partial charge is 0.260 e. The fourth-order valence-electron chi connectivity index (χ4n) is 3.64. The molecule has 1 heterocycles. The number of fused-ring (bicyclic) bond motifs is 1. The number of thiazole rings is 1. The van der Waals surface area contributed by atoms with E-state index in [9.17, 15) is 4.79 Å². The lowest BCUT2D eigenvalue weighted by Crippen LogP contribution is -2.36. The molecule has 2 aromatic carbocycles. The van der Waals surface area contributed by atoms with Crippen molar-refractivity contribution in [1.29, 1.82) is 0 Å². The number of amides is 1. The second-order valence-corrected chi connectivity index (χ2v) is 8.98. The number of hydrogen-bond donors (Lipinski definition) is 0. The van der Waals surface area contributed by atoms with Crippen LogP contribution in [0, 0.1) is 0 Å². The van der Waals surface area contributed by atoms with Crippen molar-refractivity contribution < 1.29 is 28.5 Å². The number of nitrogens with zero attached hydrogens (tertiary/aromatic N) is 3.